The molecule has 5 nitrogen and oxygen atoms in total. The zero-order valence-corrected chi connectivity index (χ0v) is 15.2. The molecule has 0 bridgehead atoms. The van der Waals surface area contributed by atoms with Crippen molar-refractivity contribution in [3.63, 3.8) is 0 Å². The average Bonchev–Trinajstić information content (AvgIpc) is 2.46. The number of rotatable bonds is 3. The van der Waals surface area contributed by atoms with Crippen molar-refractivity contribution in [2.75, 3.05) is 26.2 Å². The number of hydrogen-bond donors (Lipinski definition) is 1. The summed E-state index contributed by atoms with van der Waals surface area (Å²) in [5, 5.41) is 3.43. The number of amidine groups is 1. The molecule has 2 unspecified atom stereocenters. The van der Waals surface area contributed by atoms with Gasteiger partial charge in [0.25, 0.3) is 0 Å². The second-order valence-electron chi connectivity index (χ2n) is 8.08. The van der Waals surface area contributed by atoms with E-state index in [4.69, 9.17) is 4.74 Å². The summed E-state index contributed by atoms with van der Waals surface area (Å²) in [6.07, 6.45) is 6.45. The van der Waals surface area contributed by atoms with E-state index in [-0.39, 0.29) is 6.09 Å². The van der Waals surface area contributed by atoms with Crippen LogP contribution in [0.5, 0.6) is 0 Å². The minimum absolute atomic E-state index is 0.243. The Labute approximate surface area is 140 Å². The molecule has 0 aromatic heterocycles. The summed E-state index contributed by atoms with van der Waals surface area (Å²) in [5.41, 5.74) is -0.447. The molecule has 1 N–H and O–H groups in total. The highest BCUT2D eigenvalue weighted by atomic mass is 16.6. The van der Waals surface area contributed by atoms with Gasteiger partial charge in [0.05, 0.1) is 13.1 Å². The summed E-state index contributed by atoms with van der Waals surface area (Å²) in [6, 6.07) is 0. The molecule has 132 valence electrons. The predicted molar refractivity (Wildman–Crippen MR) is 93.9 cm³/mol. The van der Waals surface area contributed by atoms with Gasteiger partial charge in [-0.3, -0.25) is 9.89 Å². The maximum Gasteiger partial charge on any atom is 0.410 e. The Morgan fingerprint density at radius 1 is 1.39 bits per heavy atom. The zero-order chi connectivity index (χ0) is 16.9. The molecule has 0 saturated heterocycles. The highest BCUT2D eigenvalue weighted by Crippen LogP contribution is 2.30. The SMILES string of the molecule is CC1CCCC(CCNC2=NCCN(C(=O)OC(C)(C)C)C2)C1. The lowest BCUT2D eigenvalue weighted by molar-refractivity contribution is 0.0276. The van der Waals surface area contributed by atoms with Crippen LogP contribution in [0.1, 0.15) is 59.8 Å². The van der Waals surface area contributed by atoms with Gasteiger partial charge in [0, 0.05) is 13.1 Å². The van der Waals surface area contributed by atoms with E-state index in [0.717, 1.165) is 24.2 Å². The molecule has 2 atom stereocenters. The van der Waals surface area contributed by atoms with E-state index in [2.05, 4.69) is 17.2 Å². The summed E-state index contributed by atoms with van der Waals surface area (Å²) in [6.45, 7) is 10.8. The number of hydrogen-bond acceptors (Lipinski definition) is 4. The molecule has 0 spiro atoms. The van der Waals surface area contributed by atoms with Gasteiger partial charge in [-0.1, -0.05) is 26.2 Å². The van der Waals surface area contributed by atoms with Crippen LogP contribution in [0, 0.1) is 11.8 Å². The molecule has 5 heteroatoms. The van der Waals surface area contributed by atoms with Crippen LogP contribution in [0.4, 0.5) is 4.79 Å². The summed E-state index contributed by atoms with van der Waals surface area (Å²) >= 11 is 0. The normalized spacial score (nSPS) is 25.7. The Hall–Kier alpha value is -1.26. The molecule has 1 heterocycles. The summed E-state index contributed by atoms with van der Waals surface area (Å²) in [7, 11) is 0. The third-order valence-corrected chi connectivity index (χ3v) is 4.59. The third-order valence-electron chi connectivity index (χ3n) is 4.59. The largest absolute Gasteiger partial charge is 0.444 e. The molecule has 1 aliphatic heterocycles. The van der Waals surface area contributed by atoms with Crippen molar-refractivity contribution in [2.24, 2.45) is 16.8 Å². The molecule has 23 heavy (non-hydrogen) atoms. The number of ether oxygens (including phenoxy) is 1. The first kappa shape index (κ1) is 18.1. The molecule has 0 aromatic rings. The van der Waals surface area contributed by atoms with Gasteiger partial charge in [-0.25, -0.2) is 4.79 Å². The Kier molecular flexibility index (Phi) is 6.31. The van der Waals surface area contributed by atoms with Gasteiger partial charge in [0.2, 0.25) is 0 Å². The zero-order valence-electron chi connectivity index (χ0n) is 15.2. The molecule has 0 radical (unpaired) electrons. The molecule has 1 aliphatic carbocycles. The topological polar surface area (TPSA) is 53.9 Å². The molecule has 1 saturated carbocycles. The van der Waals surface area contributed by atoms with Crippen LogP contribution in [0.15, 0.2) is 4.99 Å². The van der Waals surface area contributed by atoms with Crippen molar-refractivity contribution in [2.45, 2.75) is 65.4 Å². The van der Waals surface area contributed by atoms with E-state index in [1.807, 2.05) is 20.8 Å². The van der Waals surface area contributed by atoms with Gasteiger partial charge in [0.1, 0.15) is 11.4 Å². The molecule has 1 fully saturated rings. The lowest BCUT2D eigenvalue weighted by Gasteiger charge is -2.30. The number of nitrogens with one attached hydrogen (secondary N) is 1. The summed E-state index contributed by atoms with van der Waals surface area (Å²) in [4.78, 5) is 18.4. The lowest BCUT2D eigenvalue weighted by Crippen LogP contribution is -2.47. The van der Waals surface area contributed by atoms with Crippen LogP contribution in [-0.2, 0) is 4.74 Å². The van der Waals surface area contributed by atoms with E-state index in [1.165, 1.54) is 32.1 Å². The average molecular weight is 323 g/mol. The van der Waals surface area contributed by atoms with Gasteiger partial charge in [-0.2, -0.15) is 0 Å². The number of carbonyl (C=O) groups is 1. The van der Waals surface area contributed by atoms with Crippen LogP contribution in [0.25, 0.3) is 0 Å². The number of aliphatic imine (C=N–C) groups is 1. The van der Waals surface area contributed by atoms with E-state index in [0.29, 0.717) is 19.6 Å². The fraction of sp³-hybridized carbons (Fsp3) is 0.889. The minimum atomic E-state index is -0.447. The van der Waals surface area contributed by atoms with Crippen molar-refractivity contribution in [3.05, 3.63) is 0 Å². The van der Waals surface area contributed by atoms with Crippen LogP contribution in [0.3, 0.4) is 0 Å². The third kappa shape index (κ3) is 6.40. The van der Waals surface area contributed by atoms with Crippen molar-refractivity contribution in [3.8, 4) is 0 Å². The van der Waals surface area contributed by atoms with Gasteiger partial charge in [0.15, 0.2) is 0 Å². The first-order valence-electron chi connectivity index (χ1n) is 9.08. The second kappa shape index (κ2) is 8.02. The predicted octanol–water partition coefficient (Wildman–Crippen LogP) is 3.44. The summed E-state index contributed by atoms with van der Waals surface area (Å²) in [5.74, 6) is 2.65. The quantitative estimate of drug-likeness (QED) is 0.865. The fourth-order valence-electron chi connectivity index (χ4n) is 3.45. The molecule has 2 aliphatic rings. The number of amides is 1. The van der Waals surface area contributed by atoms with Crippen LogP contribution in [0.2, 0.25) is 0 Å². The second-order valence-corrected chi connectivity index (χ2v) is 8.08. The van der Waals surface area contributed by atoms with Crippen LogP contribution >= 0.6 is 0 Å². The van der Waals surface area contributed by atoms with Gasteiger partial charge in [-0.15, -0.1) is 0 Å². The highest BCUT2D eigenvalue weighted by Gasteiger charge is 2.25. The van der Waals surface area contributed by atoms with Crippen LogP contribution < -0.4 is 5.32 Å². The Morgan fingerprint density at radius 3 is 2.87 bits per heavy atom. The van der Waals surface area contributed by atoms with E-state index >= 15 is 0 Å². The molecular weight excluding hydrogens is 290 g/mol. The van der Waals surface area contributed by atoms with Crippen molar-refractivity contribution in [1.29, 1.82) is 0 Å². The van der Waals surface area contributed by atoms with Gasteiger partial charge >= 0.3 is 6.09 Å². The maximum atomic E-state index is 12.1. The van der Waals surface area contributed by atoms with Crippen molar-refractivity contribution < 1.29 is 9.53 Å². The van der Waals surface area contributed by atoms with Crippen LogP contribution in [-0.4, -0.2) is 48.6 Å². The van der Waals surface area contributed by atoms with E-state index in [1.54, 1.807) is 4.90 Å². The monoisotopic (exact) mass is 323 g/mol. The maximum absolute atomic E-state index is 12.1. The standard InChI is InChI=1S/C18H33N3O2/c1-14-6-5-7-15(12-14)8-9-19-16-13-21(11-10-20-16)17(22)23-18(2,3)4/h14-15H,5-13H2,1-4H3,(H,19,20). The Bertz CT molecular complexity index is 428. The smallest absolute Gasteiger partial charge is 0.410 e. The first-order valence-corrected chi connectivity index (χ1v) is 9.08. The first-order chi connectivity index (χ1) is 10.8. The Balaban J connectivity index is 1.71. The molecule has 2 rings (SSSR count). The molecule has 0 aromatic carbocycles. The van der Waals surface area contributed by atoms with Crippen molar-refractivity contribution >= 4 is 11.9 Å². The van der Waals surface area contributed by atoms with E-state index in [9.17, 15) is 4.79 Å². The van der Waals surface area contributed by atoms with Gasteiger partial charge < -0.3 is 10.1 Å². The number of carbonyl (C=O) groups excluding carboxylic acids is 1. The van der Waals surface area contributed by atoms with Crippen molar-refractivity contribution in [1.82, 2.24) is 10.2 Å². The Morgan fingerprint density at radius 2 is 2.17 bits per heavy atom. The van der Waals surface area contributed by atoms with Gasteiger partial charge in [-0.05, 0) is 45.4 Å². The molecule has 1 amide bonds. The molecular formula is C18H33N3O2. The summed E-state index contributed by atoms with van der Waals surface area (Å²) < 4.78 is 5.44. The van der Waals surface area contributed by atoms with E-state index < -0.39 is 5.60 Å². The fourth-order valence-corrected chi connectivity index (χ4v) is 3.45. The lowest BCUT2D eigenvalue weighted by atomic mass is 9.81. The number of nitrogens with zero attached hydrogens (tertiary/aromatic N) is 2. The highest BCUT2D eigenvalue weighted by molar-refractivity contribution is 5.87. The minimum Gasteiger partial charge on any atom is -0.444 e.